The fourth-order valence-electron chi connectivity index (χ4n) is 5.16. The number of rotatable bonds is 10. The smallest absolute Gasteiger partial charge is 0.252 e. The Hall–Kier alpha value is -5.01. The number of nitrogens with zero attached hydrogens (tertiary/aromatic N) is 1. The lowest BCUT2D eigenvalue weighted by Gasteiger charge is -2.23. The van der Waals surface area contributed by atoms with Gasteiger partial charge in [0.1, 0.15) is 17.3 Å². The van der Waals surface area contributed by atoms with Crippen LogP contribution in [0.4, 0.5) is 0 Å². The first-order chi connectivity index (χ1) is 20.4. The molecule has 7 nitrogen and oxygen atoms in total. The fraction of sp³-hybridized carbons (Fsp3) is 0.171. The van der Waals surface area contributed by atoms with E-state index in [-0.39, 0.29) is 11.7 Å². The Morgan fingerprint density at radius 2 is 1.50 bits per heavy atom. The maximum Gasteiger partial charge on any atom is 0.252 e. The molecule has 0 fully saturated rings. The molecule has 4 N–H and O–H groups in total. The Bertz CT molecular complexity index is 1630. The molecule has 0 radical (unpaired) electrons. The zero-order valence-corrected chi connectivity index (χ0v) is 23.3. The minimum Gasteiger partial charge on any atom is -0.506 e. The molecular formula is C35H33N3O4. The van der Waals surface area contributed by atoms with Crippen LogP contribution in [0.5, 0.6) is 5.75 Å². The molecule has 4 aromatic carbocycles. The normalized spacial score (nSPS) is 12.5. The van der Waals surface area contributed by atoms with Gasteiger partial charge in [-0.05, 0) is 65.9 Å². The number of phenols is 1. The third-order valence-corrected chi connectivity index (χ3v) is 7.33. The Labute approximate surface area is 244 Å². The molecule has 2 unspecified atom stereocenters. The highest BCUT2D eigenvalue weighted by molar-refractivity contribution is 5.99. The van der Waals surface area contributed by atoms with Crippen molar-refractivity contribution in [2.45, 2.75) is 31.4 Å². The van der Waals surface area contributed by atoms with Crippen LogP contribution in [0.1, 0.15) is 40.7 Å². The molecule has 2 atom stereocenters. The number of pyridine rings is 1. The second kappa shape index (κ2) is 13.1. The summed E-state index contributed by atoms with van der Waals surface area (Å²) in [7, 11) is 0. The summed E-state index contributed by atoms with van der Waals surface area (Å²) in [6.45, 7) is 1.84. The SMILES string of the molecule is CC(O)C(NC(=O)c1cccc(-c2cc(O)c3ncccc3c2)c1)C(=O)NCCC(c1ccccc1)c1ccccc1. The second-order valence-electron chi connectivity index (χ2n) is 10.3. The van der Waals surface area contributed by atoms with Gasteiger partial charge in [-0.25, -0.2) is 0 Å². The molecule has 0 saturated carbocycles. The van der Waals surface area contributed by atoms with Crippen LogP contribution < -0.4 is 10.6 Å². The maximum absolute atomic E-state index is 13.2. The number of nitrogens with one attached hydrogen (secondary N) is 2. The van der Waals surface area contributed by atoms with Crippen molar-refractivity contribution in [3.05, 3.63) is 132 Å². The van der Waals surface area contributed by atoms with E-state index in [0.717, 1.165) is 27.6 Å². The molecule has 7 heteroatoms. The van der Waals surface area contributed by atoms with E-state index in [1.807, 2.05) is 54.6 Å². The summed E-state index contributed by atoms with van der Waals surface area (Å²) in [6.07, 6.45) is 1.16. The first-order valence-electron chi connectivity index (χ1n) is 14.0. The predicted molar refractivity (Wildman–Crippen MR) is 164 cm³/mol. The number of phenolic OH excluding ortho intramolecular Hbond substituents is 1. The van der Waals surface area contributed by atoms with Gasteiger partial charge in [-0.2, -0.15) is 0 Å². The van der Waals surface area contributed by atoms with E-state index in [4.69, 9.17) is 0 Å². The fourth-order valence-corrected chi connectivity index (χ4v) is 5.16. The Morgan fingerprint density at radius 1 is 0.810 bits per heavy atom. The number of carbonyl (C=O) groups excluding carboxylic acids is 2. The minimum atomic E-state index is -1.14. The standard InChI is InChI=1S/C35H33N3O4/c1-23(39)32(35(42)37-19-17-30(24-10-4-2-5-11-24)25-12-6-3-7-13-25)38-34(41)28-15-8-14-26(20-28)29-21-27-16-9-18-36-33(27)31(40)22-29/h2-16,18,20-23,30,32,39-40H,17,19H2,1H3,(H,37,42)(H,38,41). The van der Waals surface area contributed by atoms with Crippen LogP contribution in [-0.4, -0.2) is 45.7 Å². The molecule has 0 aliphatic carbocycles. The molecule has 2 amide bonds. The summed E-state index contributed by atoms with van der Waals surface area (Å²) in [5, 5.41) is 27.2. The molecule has 0 spiro atoms. The van der Waals surface area contributed by atoms with Gasteiger partial charge in [-0.3, -0.25) is 14.6 Å². The molecule has 212 valence electrons. The van der Waals surface area contributed by atoms with Gasteiger partial charge < -0.3 is 20.8 Å². The van der Waals surface area contributed by atoms with Crippen LogP contribution in [0.15, 0.2) is 115 Å². The van der Waals surface area contributed by atoms with Crippen LogP contribution in [-0.2, 0) is 4.79 Å². The summed E-state index contributed by atoms with van der Waals surface area (Å²) in [4.78, 5) is 30.6. The van der Waals surface area contributed by atoms with Gasteiger partial charge >= 0.3 is 0 Å². The van der Waals surface area contributed by atoms with Gasteiger partial charge in [0.05, 0.1) is 6.10 Å². The van der Waals surface area contributed by atoms with Crippen molar-refractivity contribution in [2.24, 2.45) is 0 Å². The molecule has 0 aliphatic rings. The van der Waals surface area contributed by atoms with Crippen LogP contribution in [0.25, 0.3) is 22.0 Å². The molecule has 1 heterocycles. The number of hydrogen-bond donors (Lipinski definition) is 4. The summed E-state index contributed by atoms with van der Waals surface area (Å²) < 4.78 is 0. The molecule has 5 aromatic rings. The highest BCUT2D eigenvalue weighted by atomic mass is 16.3. The zero-order valence-electron chi connectivity index (χ0n) is 23.3. The number of fused-ring (bicyclic) bond motifs is 1. The van der Waals surface area contributed by atoms with Crippen molar-refractivity contribution in [1.29, 1.82) is 0 Å². The van der Waals surface area contributed by atoms with Crippen LogP contribution >= 0.6 is 0 Å². The number of carbonyl (C=O) groups is 2. The number of aliphatic hydroxyl groups excluding tert-OH is 1. The van der Waals surface area contributed by atoms with Crippen molar-refractivity contribution in [2.75, 3.05) is 6.54 Å². The molecule has 0 bridgehead atoms. The number of aliphatic hydroxyl groups is 1. The van der Waals surface area contributed by atoms with E-state index in [1.54, 1.807) is 36.5 Å². The van der Waals surface area contributed by atoms with Gasteiger partial charge in [-0.15, -0.1) is 0 Å². The lowest BCUT2D eigenvalue weighted by Crippen LogP contribution is -2.52. The van der Waals surface area contributed by atoms with E-state index >= 15 is 0 Å². The predicted octanol–water partition coefficient (Wildman–Crippen LogP) is 5.43. The van der Waals surface area contributed by atoms with E-state index in [9.17, 15) is 19.8 Å². The van der Waals surface area contributed by atoms with E-state index in [0.29, 0.717) is 24.0 Å². The zero-order chi connectivity index (χ0) is 29.5. The number of aromatic hydroxyl groups is 1. The lowest BCUT2D eigenvalue weighted by molar-refractivity contribution is -0.125. The summed E-state index contributed by atoms with van der Waals surface area (Å²) in [5.74, 6) is -0.816. The van der Waals surface area contributed by atoms with Crippen LogP contribution in [0, 0.1) is 0 Å². The average molecular weight is 560 g/mol. The summed E-state index contributed by atoms with van der Waals surface area (Å²) in [5.41, 5.74) is 4.56. The molecule has 0 saturated heterocycles. The third kappa shape index (κ3) is 6.65. The first kappa shape index (κ1) is 28.5. The topological polar surface area (TPSA) is 112 Å². The van der Waals surface area contributed by atoms with Crippen LogP contribution in [0.2, 0.25) is 0 Å². The monoisotopic (exact) mass is 559 g/mol. The van der Waals surface area contributed by atoms with Gasteiger partial charge in [0.15, 0.2) is 0 Å². The number of aromatic nitrogens is 1. The van der Waals surface area contributed by atoms with Gasteiger partial charge in [0, 0.05) is 29.6 Å². The largest absolute Gasteiger partial charge is 0.506 e. The Kier molecular flexibility index (Phi) is 8.90. The van der Waals surface area contributed by atoms with E-state index < -0.39 is 24.0 Å². The van der Waals surface area contributed by atoms with Gasteiger partial charge in [0.2, 0.25) is 5.91 Å². The average Bonchev–Trinajstić information content (AvgIpc) is 3.02. The van der Waals surface area contributed by atoms with Crippen molar-refractivity contribution < 1.29 is 19.8 Å². The van der Waals surface area contributed by atoms with Gasteiger partial charge in [0.25, 0.3) is 5.91 Å². The summed E-state index contributed by atoms with van der Waals surface area (Å²) in [6, 6.07) is 33.1. The Balaban J connectivity index is 1.26. The highest BCUT2D eigenvalue weighted by Crippen LogP contribution is 2.31. The maximum atomic E-state index is 13.2. The van der Waals surface area contributed by atoms with Gasteiger partial charge in [-0.1, -0.05) is 78.9 Å². The van der Waals surface area contributed by atoms with E-state index in [2.05, 4.69) is 39.9 Å². The first-order valence-corrected chi connectivity index (χ1v) is 14.0. The lowest BCUT2D eigenvalue weighted by atomic mass is 9.88. The number of amides is 2. The highest BCUT2D eigenvalue weighted by Gasteiger charge is 2.26. The molecule has 1 aromatic heterocycles. The molecule has 5 rings (SSSR count). The van der Waals surface area contributed by atoms with Crippen molar-refractivity contribution >= 4 is 22.7 Å². The van der Waals surface area contributed by atoms with E-state index in [1.165, 1.54) is 6.92 Å². The second-order valence-corrected chi connectivity index (χ2v) is 10.3. The van der Waals surface area contributed by atoms with Crippen molar-refractivity contribution in [3.8, 4) is 16.9 Å². The number of hydrogen-bond acceptors (Lipinski definition) is 5. The van der Waals surface area contributed by atoms with Crippen molar-refractivity contribution in [3.63, 3.8) is 0 Å². The molecule has 42 heavy (non-hydrogen) atoms. The van der Waals surface area contributed by atoms with Crippen molar-refractivity contribution in [1.82, 2.24) is 15.6 Å². The Morgan fingerprint density at radius 3 is 2.17 bits per heavy atom. The number of benzene rings is 4. The minimum absolute atomic E-state index is 0.0468. The quantitative estimate of drug-likeness (QED) is 0.183. The molecule has 0 aliphatic heterocycles. The summed E-state index contributed by atoms with van der Waals surface area (Å²) >= 11 is 0. The third-order valence-electron chi connectivity index (χ3n) is 7.33. The van der Waals surface area contributed by atoms with Crippen LogP contribution in [0.3, 0.4) is 0 Å². The molecular weight excluding hydrogens is 526 g/mol.